The first-order valence-corrected chi connectivity index (χ1v) is 13.1. The van der Waals surface area contributed by atoms with Crippen molar-refractivity contribution in [3.63, 3.8) is 0 Å². The first-order valence-electron chi connectivity index (χ1n) is 13.1. The number of carbonyl (C=O) groups is 1. The zero-order chi connectivity index (χ0) is 27.0. The van der Waals surface area contributed by atoms with Crippen LogP contribution in [0.1, 0.15) is 45.1 Å². The van der Waals surface area contributed by atoms with Gasteiger partial charge in [-0.2, -0.15) is 4.98 Å². The molecule has 0 bridgehead atoms. The van der Waals surface area contributed by atoms with E-state index in [4.69, 9.17) is 4.74 Å². The van der Waals surface area contributed by atoms with Crippen molar-refractivity contribution in [3.05, 3.63) is 42.2 Å². The zero-order valence-electron chi connectivity index (χ0n) is 22.3. The molecule has 2 aromatic heterocycles. The number of ether oxygens (including phenoxy) is 1. The van der Waals surface area contributed by atoms with Gasteiger partial charge >= 0.3 is 0 Å². The molecule has 1 aromatic carbocycles. The Hall–Kier alpha value is -3.53. The van der Waals surface area contributed by atoms with Gasteiger partial charge in [-0.3, -0.25) is 4.79 Å². The summed E-state index contributed by atoms with van der Waals surface area (Å²) >= 11 is 0. The largest absolute Gasteiger partial charge is 0.493 e. The monoisotopic (exact) mass is 522 g/mol. The Bertz CT molecular complexity index is 1330. The Kier molecular flexibility index (Phi) is 7.09. The van der Waals surface area contributed by atoms with Crippen LogP contribution in [0.5, 0.6) is 5.75 Å². The molecule has 2 N–H and O–H groups in total. The van der Waals surface area contributed by atoms with Gasteiger partial charge in [0.05, 0.1) is 19.3 Å². The molecule has 3 atom stereocenters. The molecule has 0 saturated carbocycles. The minimum absolute atomic E-state index is 0.0255. The number of aromatic nitrogens is 3. The van der Waals surface area contributed by atoms with Crippen molar-refractivity contribution >= 4 is 34.3 Å². The molecule has 9 nitrogen and oxygen atoms in total. The van der Waals surface area contributed by atoms with E-state index < -0.39 is 11.8 Å². The molecular weight excluding hydrogens is 487 g/mol. The third kappa shape index (κ3) is 5.36. The smallest absolute Gasteiger partial charge is 0.227 e. The average molecular weight is 523 g/mol. The topological polar surface area (TPSA) is 104 Å². The van der Waals surface area contributed by atoms with E-state index in [1.807, 2.05) is 19.2 Å². The number of aliphatic hydroxyl groups excluding tert-OH is 1. The lowest BCUT2D eigenvalue weighted by molar-refractivity contribution is -0.126. The lowest BCUT2D eigenvalue weighted by Gasteiger charge is -2.38. The van der Waals surface area contributed by atoms with Crippen LogP contribution in [0.25, 0.3) is 10.8 Å². The van der Waals surface area contributed by atoms with Crippen molar-refractivity contribution in [3.8, 4) is 5.75 Å². The van der Waals surface area contributed by atoms with Crippen molar-refractivity contribution in [2.45, 2.75) is 51.3 Å². The number of rotatable bonds is 7. The molecule has 38 heavy (non-hydrogen) atoms. The number of nitrogens with zero attached hydrogens (tertiary/aromatic N) is 5. The maximum Gasteiger partial charge on any atom is 0.227 e. The number of pyridine rings is 1. The number of benzene rings is 1. The normalized spacial score (nSPS) is 23.9. The number of likely N-dealkylation sites (tertiary alicyclic amines) is 1. The molecule has 1 unspecified atom stereocenters. The molecule has 1 amide bonds. The van der Waals surface area contributed by atoms with Crippen LogP contribution in [0.2, 0.25) is 0 Å². The van der Waals surface area contributed by atoms with Gasteiger partial charge in [0.2, 0.25) is 11.9 Å². The number of alkyl halides is 1. The highest BCUT2D eigenvalue weighted by Crippen LogP contribution is 2.34. The van der Waals surface area contributed by atoms with Crippen LogP contribution in [0.3, 0.4) is 0 Å². The van der Waals surface area contributed by atoms with E-state index in [0.717, 1.165) is 16.5 Å². The molecule has 5 rings (SSSR count). The molecule has 0 aliphatic carbocycles. The van der Waals surface area contributed by atoms with Gasteiger partial charge in [0.25, 0.3) is 0 Å². The van der Waals surface area contributed by atoms with Crippen molar-refractivity contribution in [2.75, 3.05) is 43.5 Å². The number of hydrogen-bond donors (Lipinski definition) is 2. The van der Waals surface area contributed by atoms with Gasteiger partial charge in [0.1, 0.15) is 17.4 Å². The number of aliphatic hydroxyl groups is 1. The van der Waals surface area contributed by atoms with E-state index in [1.54, 1.807) is 28.3 Å². The Balaban J connectivity index is 1.37. The fourth-order valence-corrected chi connectivity index (χ4v) is 5.22. The summed E-state index contributed by atoms with van der Waals surface area (Å²) in [5.74, 6) is 2.93. The molecular formula is C28H35FN6O3. The second kappa shape index (κ2) is 10.3. The number of amides is 1. The molecule has 2 aliphatic heterocycles. The van der Waals surface area contributed by atoms with Gasteiger partial charge in [-0.05, 0) is 48.4 Å². The molecule has 2 saturated heterocycles. The number of halogens is 1. The number of fused-ring (bicyclic) bond motifs is 1. The number of nitrogens with one attached hydrogen (secondary N) is 1. The van der Waals surface area contributed by atoms with Gasteiger partial charge < -0.3 is 25.0 Å². The van der Waals surface area contributed by atoms with Crippen LogP contribution in [0.15, 0.2) is 36.7 Å². The van der Waals surface area contributed by atoms with E-state index in [1.165, 1.54) is 12.5 Å². The lowest BCUT2D eigenvalue weighted by Crippen LogP contribution is -2.52. The fourth-order valence-electron chi connectivity index (χ4n) is 5.22. The van der Waals surface area contributed by atoms with Crippen LogP contribution in [0.4, 0.5) is 22.0 Å². The van der Waals surface area contributed by atoms with Crippen LogP contribution in [-0.4, -0.2) is 75.9 Å². The predicted octanol–water partition coefficient (Wildman–Crippen LogP) is 4.05. The molecule has 4 heterocycles. The quantitative estimate of drug-likeness (QED) is 0.479. The third-order valence-corrected chi connectivity index (χ3v) is 7.46. The fraction of sp³-hybridized carbons (Fsp3) is 0.500. The Morgan fingerprint density at radius 3 is 2.76 bits per heavy atom. The van der Waals surface area contributed by atoms with Crippen molar-refractivity contribution in [2.24, 2.45) is 5.92 Å². The summed E-state index contributed by atoms with van der Waals surface area (Å²) in [6.07, 6.45) is 3.26. The summed E-state index contributed by atoms with van der Waals surface area (Å²) < 4.78 is 20.9. The van der Waals surface area contributed by atoms with Crippen molar-refractivity contribution in [1.82, 2.24) is 19.9 Å². The van der Waals surface area contributed by atoms with Crippen LogP contribution < -0.4 is 15.0 Å². The van der Waals surface area contributed by atoms with Gasteiger partial charge in [-0.15, -0.1) is 0 Å². The molecule has 202 valence electrons. The van der Waals surface area contributed by atoms with Gasteiger partial charge in [0.15, 0.2) is 5.67 Å². The summed E-state index contributed by atoms with van der Waals surface area (Å²) in [5, 5.41) is 15.1. The van der Waals surface area contributed by atoms with E-state index in [2.05, 4.69) is 40.2 Å². The third-order valence-electron chi connectivity index (χ3n) is 7.46. The summed E-state index contributed by atoms with van der Waals surface area (Å²) in [6.45, 7) is 7.38. The van der Waals surface area contributed by atoms with Gasteiger partial charge in [0, 0.05) is 50.3 Å². The second-order valence-corrected chi connectivity index (χ2v) is 10.9. The van der Waals surface area contributed by atoms with Crippen LogP contribution in [0, 0.1) is 5.92 Å². The minimum Gasteiger partial charge on any atom is -0.493 e. The number of piperidine rings is 1. The van der Waals surface area contributed by atoms with Crippen LogP contribution in [-0.2, 0) is 4.79 Å². The molecule has 0 radical (unpaired) electrons. The predicted molar refractivity (Wildman–Crippen MR) is 145 cm³/mol. The van der Waals surface area contributed by atoms with E-state index in [9.17, 15) is 14.3 Å². The first-order chi connectivity index (χ1) is 18.1. The molecule has 2 fully saturated rings. The maximum atomic E-state index is 14.7. The van der Waals surface area contributed by atoms with Gasteiger partial charge in [-0.1, -0.05) is 19.9 Å². The highest BCUT2D eigenvalue weighted by Gasteiger charge is 2.39. The molecule has 3 aromatic rings. The van der Waals surface area contributed by atoms with E-state index in [0.29, 0.717) is 50.1 Å². The highest BCUT2D eigenvalue weighted by atomic mass is 19.1. The summed E-state index contributed by atoms with van der Waals surface area (Å²) in [6, 6.07) is 7.80. The van der Waals surface area contributed by atoms with Crippen molar-refractivity contribution in [1.29, 1.82) is 0 Å². The summed E-state index contributed by atoms with van der Waals surface area (Å²) in [5.41, 5.74) is -0.549. The number of hydrogen-bond acceptors (Lipinski definition) is 8. The second-order valence-electron chi connectivity index (χ2n) is 10.9. The summed E-state index contributed by atoms with van der Waals surface area (Å²) in [4.78, 5) is 28.9. The van der Waals surface area contributed by atoms with E-state index >= 15 is 0 Å². The SMILES string of the molecule is CC(C)c1ccc(OCC2CC(=O)N(C)C2)c2cnc(Nc3ccnc(N4CC[C@@H](O)[C@@](C)(F)C4)n3)cc12. The summed E-state index contributed by atoms with van der Waals surface area (Å²) in [7, 11) is 1.82. The highest BCUT2D eigenvalue weighted by molar-refractivity contribution is 5.92. The minimum atomic E-state index is -1.72. The molecule has 2 aliphatic rings. The first kappa shape index (κ1) is 26.1. The van der Waals surface area contributed by atoms with Crippen LogP contribution >= 0.6 is 0 Å². The molecule has 0 spiro atoms. The van der Waals surface area contributed by atoms with Crippen molar-refractivity contribution < 1.29 is 19.0 Å². The molecule has 10 heteroatoms. The zero-order valence-corrected chi connectivity index (χ0v) is 22.3. The maximum absolute atomic E-state index is 14.7. The number of anilines is 3. The Morgan fingerprint density at radius 1 is 1.24 bits per heavy atom. The lowest BCUT2D eigenvalue weighted by atomic mass is 9.94. The standard InChI is InChI=1S/C28H35FN6O3/c1-17(2)19-5-6-22(38-15-18-11-26(37)34(4)14-18)21-13-31-25(12-20(19)21)32-24-7-9-30-27(33-24)35-10-8-23(36)28(3,29)16-35/h5-7,9,12-13,17-18,23,36H,8,10-11,14-16H2,1-4H3,(H,30,31,32,33)/t18?,23-,28+/m1/s1. The average Bonchev–Trinajstić information content (AvgIpc) is 3.20. The Morgan fingerprint density at radius 2 is 2.05 bits per heavy atom. The van der Waals surface area contributed by atoms with Gasteiger partial charge in [-0.25, -0.2) is 14.4 Å². The Labute approximate surface area is 222 Å². The van der Waals surface area contributed by atoms with E-state index in [-0.39, 0.29) is 24.3 Å². The number of carbonyl (C=O) groups excluding carboxylic acids is 1.